The molecule has 1 atom stereocenters. The van der Waals surface area contributed by atoms with Gasteiger partial charge in [0.2, 0.25) is 0 Å². The Labute approximate surface area is 111 Å². The van der Waals surface area contributed by atoms with Crippen molar-refractivity contribution in [2.45, 2.75) is 12.5 Å². The molecule has 1 aromatic heterocycles. The number of pyridine rings is 1. The van der Waals surface area contributed by atoms with Crippen molar-refractivity contribution in [3.8, 4) is 6.07 Å². The molecule has 1 amide bonds. The summed E-state index contributed by atoms with van der Waals surface area (Å²) in [6.45, 7) is 2.70. The summed E-state index contributed by atoms with van der Waals surface area (Å²) < 4.78 is 4.97. The summed E-state index contributed by atoms with van der Waals surface area (Å²) in [7, 11) is 0. The van der Waals surface area contributed by atoms with Gasteiger partial charge in [-0.2, -0.15) is 5.26 Å². The van der Waals surface area contributed by atoms with Crippen LogP contribution in [0.2, 0.25) is 0 Å². The van der Waals surface area contributed by atoms with Gasteiger partial charge in [0, 0.05) is 19.3 Å². The van der Waals surface area contributed by atoms with Crippen molar-refractivity contribution in [1.29, 1.82) is 5.26 Å². The third-order valence-corrected chi connectivity index (χ3v) is 3.63. The van der Waals surface area contributed by atoms with Gasteiger partial charge in [-0.3, -0.25) is 4.90 Å². The molecule has 0 spiro atoms. The van der Waals surface area contributed by atoms with Crippen LogP contribution in [0, 0.1) is 11.3 Å². The van der Waals surface area contributed by atoms with Gasteiger partial charge in [0.1, 0.15) is 12.7 Å². The van der Waals surface area contributed by atoms with E-state index in [1.165, 1.54) is 0 Å². The predicted molar refractivity (Wildman–Crippen MR) is 67.6 cm³/mol. The lowest BCUT2D eigenvalue weighted by Crippen LogP contribution is -2.38. The molecular formula is C13H14N4O2. The summed E-state index contributed by atoms with van der Waals surface area (Å²) in [4.78, 5) is 19.5. The predicted octanol–water partition coefficient (Wildman–Crippen LogP) is 0.984. The summed E-state index contributed by atoms with van der Waals surface area (Å²) in [5.41, 5.74) is 1.28. The standard InChI is InChI=1S/C13H14N4O2/c14-8-11-12(2-1-4-15-11)16-5-3-10(9-16)17-6-7-19-13(17)18/h1-2,4,10H,3,5-7,9H2. The molecule has 0 saturated carbocycles. The van der Waals surface area contributed by atoms with Crippen molar-refractivity contribution in [2.75, 3.05) is 31.1 Å². The van der Waals surface area contributed by atoms with Crippen LogP contribution in [0.4, 0.5) is 10.5 Å². The molecule has 1 unspecified atom stereocenters. The Balaban J connectivity index is 1.75. The number of ether oxygens (including phenoxy) is 1. The molecule has 3 rings (SSSR count). The maximum atomic E-state index is 11.5. The third-order valence-electron chi connectivity index (χ3n) is 3.63. The van der Waals surface area contributed by atoms with Crippen LogP contribution < -0.4 is 4.90 Å². The summed E-state index contributed by atoms with van der Waals surface area (Å²) in [6, 6.07) is 6.00. The zero-order chi connectivity index (χ0) is 13.2. The molecule has 0 aliphatic carbocycles. The first-order valence-corrected chi connectivity index (χ1v) is 6.33. The lowest BCUT2D eigenvalue weighted by atomic mass is 10.2. The summed E-state index contributed by atoms with van der Waals surface area (Å²) >= 11 is 0. The Morgan fingerprint density at radius 1 is 1.47 bits per heavy atom. The lowest BCUT2D eigenvalue weighted by molar-refractivity contribution is 0.150. The van der Waals surface area contributed by atoms with Crippen LogP contribution in [-0.2, 0) is 4.74 Å². The van der Waals surface area contributed by atoms with E-state index in [2.05, 4.69) is 16.0 Å². The van der Waals surface area contributed by atoms with Crippen LogP contribution in [0.1, 0.15) is 12.1 Å². The molecule has 2 fully saturated rings. The Hall–Kier alpha value is -2.29. The number of anilines is 1. The maximum Gasteiger partial charge on any atom is 0.410 e. The van der Waals surface area contributed by atoms with Crippen LogP contribution >= 0.6 is 0 Å². The average molecular weight is 258 g/mol. The van der Waals surface area contributed by atoms with Crippen molar-refractivity contribution >= 4 is 11.8 Å². The molecule has 2 saturated heterocycles. The molecule has 3 heterocycles. The molecule has 2 aliphatic heterocycles. The summed E-state index contributed by atoms with van der Waals surface area (Å²) in [5, 5.41) is 9.07. The smallest absolute Gasteiger partial charge is 0.410 e. The van der Waals surface area contributed by atoms with Gasteiger partial charge < -0.3 is 9.64 Å². The van der Waals surface area contributed by atoms with E-state index in [4.69, 9.17) is 10.00 Å². The minimum Gasteiger partial charge on any atom is -0.448 e. The van der Waals surface area contributed by atoms with Crippen LogP contribution in [-0.4, -0.2) is 48.3 Å². The van der Waals surface area contributed by atoms with Gasteiger partial charge in [-0.05, 0) is 18.6 Å². The third kappa shape index (κ3) is 2.08. The number of carbonyl (C=O) groups excluding carboxylic acids is 1. The van der Waals surface area contributed by atoms with Gasteiger partial charge >= 0.3 is 6.09 Å². The summed E-state index contributed by atoms with van der Waals surface area (Å²) in [6.07, 6.45) is 2.29. The Morgan fingerprint density at radius 2 is 2.37 bits per heavy atom. The second-order valence-electron chi connectivity index (χ2n) is 4.68. The van der Waals surface area contributed by atoms with Gasteiger partial charge in [-0.1, -0.05) is 0 Å². The number of nitrogens with zero attached hydrogens (tertiary/aromatic N) is 4. The van der Waals surface area contributed by atoms with E-state index >= 15 is 0 Å². The van der Waals surface area contributed by atoms with Gasteiger partial charge in [0.05, 0.1) is 18.3 Å². The zero-order valence-corrected chi connectivity index (χ0v) is 10.5. The maximum absolute atomic E-state index is 11.5. The fourth-order valence-corrected chi connectivity index (χ4v) is 2.69. The lowest BCUT2D eigenvalue weighted by Gasteiger charge is -2.23. The normalized spacial score (nSPS) is 22.5. The number of hydrogen-bond donors (Lipinski definition) is 0. The van der Waals surface area contributed by atoms with Crippen LogP contribution in [0.3, 0.4) is 0 Å². The SMILES string of the molecule is N#Cc1ncccc1N1CCC(N2CCOC2=O)C1. The van der Waals surface area contributed by atoms with Crippen LogP contribution in [0.5, 0.6) is 0 Å². The highest BCUT2D eigenvalue weighted by Gasteiger charge is 2.35. The number of aromatic nitrogens is 1. The minimum atomic E-state index is -0.224. The zero-order valence-electron chi connectivity index (χ0n) is 10.5. The molecule has 2 aliphatic rings. The van der Waals surface area contributed by atoms with Gasteiger partial charge in [-0.15, -0.1) is 0 Å². The highest BCUT2D eigenvalue weighted by Crippen LogP contribution is 2.26. The van der Waals surface area contributed by atoms with Crippen LogP contribution in [0.25, 0.3) is 0 Å². The molecule has 98 valence electrons. The molecule has 19 heavy (non-hydrogen) atoms. The molecule has 6 heteroatoms. The molecule has 6 nitrogen and oxygen atoms in total. The number of rotatable bonds is 2. The Bertz CT molecular complexity index is 540. The van der Waals surface area contributed by atoms with E-state index in [1.807, 2.05) is 12.1 Å². The van der Waals surface area contributed by atoms with Crippen LogP contribution in [0.15, 0.2) is 18.3 Å². The van der Waals surface area contributed by atoms with E-state index in [9.17, 15) is 4.79 Å². The quantitative estimate of drug-likeness (QED) is 0.791. The molecule has 0 N–H and O–H groups in total. The van der Waals surface area contributed by atoms with E-state index in [1.54, 1.807) is 11.1 Å². The number of amides is 1. The topological polar surface area (TPSA) is 69.5 Å². The van der Waals surface area contributed by atoms with Crippen molar-refractivity contribution in [3.05, 3.63) is 24.0 Å². The summed E-state index contributed by atoms with van der Waals surface area (Å²) in [5.74, 6) is 0. The van der Waals surface area contributed by atoms with E-state index < -0.39 is 0 Å². The van der Waals surface area contributed by atoms with E-state index in [-0.39, 0.29) is 12.1 Å². The van der Waals surface area contributed by atoms with Crippen molar-refractivity contribution in [2.24, 2.45) is 0 Å². The fraction of sp³-hybridized carbons (Fsp3) is 0.462. The molecule has 0 radical (unpaired) electrons. The average Bonchev–Trinajstić information content (AvgIpc) is 3.07. The first-order valence-electron chi connectivity index (χ1n) is 6.33. The minimum absolute atomic E-state index is 0.168. The molecule has 0 bridgehead atoms. The largest absolute Gasteiger partial charge is 0.448 e. The second kappa shape index (κ2) is 4.76. The van der Waals surface area contributed by atoms with Gasteiger partial charge in [-0.25, -0.2) is 9.78 Å². The van der Waals surface area contributed by atoms with Crippen molar-refractivity contribution in [1.82, 2.24) is 9.88 Å². The number of nitriles is 1. The first-order chi connectivity index (χ1) is 9.29. The monoisotopic (exact) mass is 258 g/mol. The highest BCUT2D eigenvalue weighted by molar-refractivity contribution is 5.70. The number of hydrogen-bond acceptors (Lipinski definition) is 5. The molecule has 1 aromatic rings. The highest BCUT2D eigenvalue weighted by atomic mass is 16.6. The molecular weight excluding hydrogens is 244 g/mol. The molecule has 0 aromatic carbocycles. The van der Waals surface area contributed by atoms with E-state index in [0.29, 0.717) is 18.8 Å². The van der Waals surface area contributed by atoms with Crippen molar-refractivity contribution < 1.29 is 9.53 Å². The van der Waals surface area contributed by atoms with E-state index in [0.717, 1.165) is 25.2 Å². The van der Waals surface area contributed by atoms with Crippen molar-refractivity contribution in [3.63, 3.8) is 0 Å². The van der Waals surface area contributed by atoms with Gasteiger partial charge in [0.25, 0.3) is 0 Å². The Kier molecular flexibility index (Phi) is 2.95. The Morgan fingerprint density at radius 3 is 3.11 bits per heavy atom. The van der Waals surface area contributed by atoms with Gasteiger partial charge in [0.15, 0.2) is 5.69 Å². The second-order valence-corrected chi connectivity index (χ2v) is 4.68. The number of cyclic esters (lactones) is 1. The first kappa shape index (κ1) is 11.8. The number of carbonyl (C=O) groups is 1. The fourth-order valence-electron chi connectivity index (χ4n) is 2.69.